The molecule has 0 aliphatic carbocycles. The van der Waals surface area contributed by atoms with Gasteiger partial charge in [-0.2, -0.15) is 18.2 Å². The fraction of sp³-hybridized carbons (Fsp3) is 0.474. The number of carbonyl (C=O) groups is 2. The molecule has 2 amide bonds. The normalized spacial score (nSPS) is 20.4. The topological polar surface area (TPSA) is 117 Å². The molecule has 3 rings (SSSR count). The third-order valence-electron chi connectivity index (χ3n) is 4.54. The van der Waals surface area contributed by atoms with Crippen molar-refractivity contribution in [3.8, 4) is 5.88 Å². The lowest BCUT2D eigenvalue weighted by Gasteiger charge is -2.32. The second kappa shape index (κ2) is 9.85. The summed E-state index contributed by atoms with van der Waals surface area (Å²) in [5, 5.41) is 8.00. The number of hydrogen-bond donors (Lipinski definition) is 3. The van der Waals surface area contributed by atoms with Crippen molar-refractivity contribution in [1.29, 1.82) is 0 Å². The first-order valence-corrected chi connectivity index (χ1v) is 9.75. The molecule has 1 aromatic rings. The lowest BCUT2D eigenvalue weighted by atomic mass is 10.1. The quantitative estimate of drug-likeness (QED) is 0.546. The number of alkyl halides is 3. The predicted molar refractivity (Wildman–Crippen MR) is 108 cm³/mol. The van der Waals surface area contributed by atoms with Gasteiger partial charge in [0.2, 0.25) is 17.5 Å². The van der Waals surface area contributed by atoms with Crippen molar-refractivity contribution in [3.05, 3.63) is 30.1 Å². The zero-order valence-corrected chi connectivity index (χ0v) is 17.2. The Labute approximate surface area is 181 Å². The van der Waals surface area contributed by atoms with Crippen LogP contribution in [0.5, 0.6) is 5.88 Å². The summed E-state index contributed by atoms with van der Waals surface area (Å²) in [7, 11) is 0. The summed E-state index contributed by atoms with van der Waals surface area (Å²) < 4.78 is 47.6. The third-order valence-corrected chi connectivity index (χ3v) is 4.54. The highest BCUT2D eigenvalue weighted by Gasteiger charge is 2.38. The monoisotopic (exact) mass is 456 g/mol. The van der Waals surface area contributed by atoms with Crippen LogP contribution in [0.2, 0.25) is 0 Å². The Morgan fingerprint density at radius 3 is 2.69 bits per heavy atom. The van der Waals surface area contributed by atoms with Crippen molar-refractivity contribution >= 4 is 23.8 Å². The van der Waals surface area contributed by atoms with E-state index in [-0.39, 0.29) is 12.4 Å². The highest BCUT2D eigenvalue weighted by atomic mass is 19.4. The van der Waals surface area contributed by atoms with E-state index in [4.69, 9.17) is 9.47 Å². The molecule has 1 saturated heterocycles. The minimum absolute atomic E-state index is 0.00135. The maximum absolute atomic E-state index is 12.9. The van der Waals surface area contributed by atoms with E-state index < -0.39 is 30.3 Å². The first-order chi connectivity index (χ1) is 15.2. The summed E-state index contributed by atoms with van der Waals surface area (Å²) in [5.41, 5.74) is -1.01. The van der Waals surface area contributed by atoms with Crippen LogP contribution in [0.1, 0.15) is 12.5 Å². The van der Waals surface area contributed by atoms with Crippen molar-refractivity contribution in [3.63, 3.8) is 0 Å². The van der Waals surface area contributed by atoms with E-state index in [1.165, 1.54) is 37.7 Å². The average Bonchev–Trinajstić information content (AvgIpc) is 2.76. The van der Waals surface area contributed by atoms with E-state index >= 15 is 0 Å². The average molecular weight is 456 g/mol. The number of nitrogens with one attached hydrogen (secondary N) is 3. The second-order valence-corrected chi connectivity index (χ2v) is 7.05. The van der Waals surface area contributed by atoms with Crippen molar-refractivity contribution in [1.82, 2.24) is 20.9 Å². The molecule has 0 aromatic carbocycles. The molecular weight excluding hydrogens is 433 g/mol. The summed E-state index contributed by atoms with van der Waals surface area (Å²) in [6.45, 7) is 1.62. The minimum atomic E-state index is -4.49. The first kappa shape index (κ1) is 23.3. The summed E-state index contributed by atoms with van der Waals surface area (Å²) >= 11 is 0. The molecule has 0 saturated carbocycles. The zero-order valence-electron chi connectivity index (χ0n) is 17.2. The van der Waals surface area contributed by atoms with Gasteiger partial charge in [-0.1, -0.05) is 0 Å². The Bertz CT molecular complexity index is 902. The van der Waals surface area contributed by atoms with Gasteiger partial charge in [-0.05, 0) is 6.07 Å². The lowest BCUT2D eigenvalue weighted by Crippen LogP contribution is -2.67. The molecule has 174 valence electrons. The molecule has 0 radical (unpaired) electrons. The predicted octanol–water partition coefficient (Wildman–Crippen LogP) is 0.453. The number of morpholine rings is 1. The summed E-state index contributed by atoms with van der Waals surface area (Å²) in [6.07, 6.45) is -0.385. The van der Waals surface area contributed by atoms with Crippen LogP contribution in [0.4, 0.5) is 19.0 Å². The number of rotatable bonds is 7. The van der Waals surface area contributed by atoms with E-state index in [9.17, 15) is 22.8 Å². The van der Waals surface area contributed by atoms with Gasteiger partial charge in [-0.15, -0.1) is 0 Å². The van der Waals surface area contributed by atoms with Crippen LogP contribution < -0.4 is 25.6 Å². The molecule has 1 aromatic heterocycles. The molecule has 10 nitrogen and oxygen atoms in total. The highest BCUT2D eigenvalue weighted by Crippen LogP contribution is 2.24. The number of aromatic nitrogens is 1. The molecule has 3 N–H and O–H groups in total. The number of carbonyl (C=O) groups excluding carboxylic acids is 2. The standard InChI is InChI=1S/C19H23F3N6O4/c1-13(29)27-18(11-23-4-5-25-18)17(30)24-10-14-2-3-15(32-12-19(20,21)22)26-16(14)28-6-8-31-9-7-28/h2-5,11,25H,6-10,12H2,1H3,(H,24,30)(H,27,29). The highest BCUT2D eigenvalue weighted by molar-refractivity contribution is 6.06. The smallest absolute Gasteiger partial charge is 0.422 e. The van der Waals surface area contributed by atoms with Crippen molar-refractivity contribution in [2.24, 2.45) is 4.99 Å². The van der Waals surface area contributed by atoms with Crippen LogP contribution in [0.25, 0.3) is 0 Å². The van der Waals surface area contributed by atoms with Crippen molar-refractivity contribution < 1.29 is 32.2 Å². The Kier molecular flexibility index (Phi) is 7.18. The van der Waals surface area contributed by atoms with Crippen LogP contribution in [0.15, 0.2) is 29.5 Å². The number of anilines is 1. The van der Waals surface area contributed by atoms with Gasteiger partial charge in [-0.3, -0.25) is 14.6 Å². The fourth-order valence-electron chi connectivity index (χ4n) is 3.13. The van der Waals surface area contributed by atoms with Gasteiger partial charge >= 0.3 is 6.18 Å². The molecule has 0 spiro atoms. The van der Waals surface area contributed by atoms with Crippen molar-refractivity contribution in [2.75, 3.05) is 37.8 Å². The Morgan fingerprint density at radius 1 is 1.31 bits per heavy atom. The summed E-state index contributed by atoms with van der Waals surface area (Å²) in [4.78, 5) is 34.5. The van der Waals surface area contributed by atoms with Gasteiger partial charge in [0.25, 0.3) is 5.91 Å². The number of hydrogen-bond acceptors (Lipinski definition) is 8. The number of nitrogens with zero attached hydrogens (tertiary/aromatic N) is 3. The van der Waals surface area contributed by atoms with Crippen LogP contribution in [0.3, 0.4) is 0 Å². The lowest BCUT2D eigenvalue weighted by molar-refractivity contribution is -0.154. The zero-order chi connectivity index (χ0) is 23.2. The fourth-order valence-corrected chi connectivity index (χ4v) is 3.13. The van der Waals surface area contributed by atoms with E-state index in [0.29, 0.717) is 37.7 Å². The van der Waals surface area contributed by atoms with Crippen LogP contribution in [-0.2, 0) is 20.9 Å². The van der Waals surface area contributed by atoms with Gasteiger partial charge in [0.05, 0.1) is 19.4 Å². The van der Waals surface area contributed by atoms with Crippen LogP contribution in [-0.4, -0.2) is 67.8 Å². The SMILES string of the molecule is CC(=O)NC1(C(=O)NCc2ccc(OCC(F)(F)F)nc2N2CCOCC2)C=NC=CN1. The molecule has 0 bridgehead atoms. The van der Waals surface area contributed by atoms with Gasteiger partial charge in [0.1, 0.15) is 5.82 Å². The molecule has 3 heterocycles. The minimum Gasteiger partial charge on any atom is -0.468 e. The summed E-state index contributed by atoms with van der Waals surface area (Å²) in [5.74, 6) is -0.825. The first-order valence-electron chi connectivity index (χ1n) is 9.75. The number of amides is 2. The van der Waals surface area contributed by atoms with Crippen molar-refractivity contribution in [2.45, 2.75) is 25.3 Å². The third kappa shape index (κ3) is 6.09. The molecule has 1 fully saturated rings. The van der Waals surface area contributed by atoms with Crippen LogP contribution in [0, 0.1) is 0 Å². The molecule has 1 unspecified atom stereocenters. The molecule has 1 atom stereocenters. The Hall–Kier alpha value is -3.35. The number of aliphatic imine (C=N–C) groups is 1. The van der Waals surface area contributed by atoms with E-state index in [0.717, 1.165) is 0 Å². The largest absolute Gasteiger partial charge is 0.468 e. The number of pyridine rings is 1. The molecule has 13 heteroatoms. The number of halogens is 3. The van der Waals surface area contributed by atoms with Gasteiger partial charge in [0, 0.05) is 50.6 Å². The maximum Gasteiger partial charge on any atom is 0.422 e. The van der Waals surface area contributed by atoms with Gasteiger partial charge in [-0.25, -0.2) is 0 Å². The Balaban J connectivity index is 1.78. The molecule has 2 aliphatic heterocycles. The van der Waals surface area contributed by atoms with Gasteiger partial charge < -0.3 is 30.3 Å². The van der Waals surface area contributed by atoms with E-state index in [1.807, 2.05) is 4.90 Å². The second-order valence-electron chi connectivity index (χ2n) is 7.05. The van der Waals surface area contributed by atoms with Crippen LogP contribution >= 0.6 is 0 Å². The number of ether oxygens (including phenoxy) is 2. The van der Waals surface area contributed by atoms with E-state index in [2.05, 4.69) is 25.9 Å². The maximum atomic E-state index is 12.9. The molecular formula is C19H23F3N6O4. The summed E-state index contributed by atoms with van der Waals surface area (Å²) in [6, 6.07) is 2.85. The molecule has 32 heavy (non-hydrogen) atoms. The van der Waals surface area contributed by atoms with E-state index in [1.54, 1.807) is 0 Å². The van der Waals surface area contributed by atoms with Gasteiger partial charge in [0.15, 0.2) is 6.61 Å². The Morgan fingerprint density at radius 2 is 2.06 bits per heavy atom. The molecule has 2 aliphatic rings.